The van der Waals surface area contributed by atoms with Crippen molar-refractivity contribution in [2.45, 2.75) is 19.3 Å². The van der Waals surface area contributed by atoms with E-state index < -0.39 is 5.82 Å². The summed E-state index contributed by atoms with van der Waals surface area (Å²) in [4.78, 5) is 18.4. The number of halogens is 2. The van der Waals surface area contributed by atoms with Crippen LogP contribution in [0.25, 0.3) is 11.5 Å². The van der Waals surface area contributed by atoms with Crippen LogP contribution in [-0.4, -0.2) is 22.6 Å². The molecule has 1 atom stereocenters. The Morgan fingerprint density at radius 2 is 2.08 bits per heavy atom. The first-order chi connectivity index (χ1) is 12.5. The summed E-state index contributed by atoms with van der Waals surface area (Å²) < 4.78 is 19.1. The van der Waals surface area contributed by atoms with Gasteiger partial charge < -0.3 is 9.42 Å². The molecule has 1 aliphatic heterocycles. The van der Waals surface area contributed by atoms with E-state index in [1.54, 1.807) is 29.2 Å². The number of rotatable bonds is 3. The summed E-state index contributed by atoms with van der Waals surface area (Å²) >= 11 is 6.17. The van der Waals surface area contributed by atoms with Crippen LogP contribution in [-0.2, 0) is 4.79 Å². The third-order valence-electron chi connectivity index (χ3n) is 4.50. The summed E-state index contributed by atoms with van der Waals surface area (Å²) in [7, 11) is 0. The van der Waals surface area contributed by atoms with Gasteiger partial charge in [0.2, 0.25) is 5.91 Å². The van der Waals surface area contributed by atoms with Crippen LogP contribution in [0, 0.1) is 12.7 Å². The van der Waals surface area contributed by atoms with Crippen LogP contribution in [0.3, 0.4) is 0 Å². The minimum Gasteiger partial charge on any atom is -0.334 e. The van der Waals surface area contributed by atoms with Gasteiger partial charge in [-0.15, -0.1) is 0 Å². The Morgan fingerprint density at radius 3 is 2.85 bits per heavy atom. The van der Waals surface area contributed by atoms with Crippen molar-refractivity contribution >= 4 is 23.2 Å². The van der Waals surface area contributed by atoms with Gasteiger partial charge in [0.05, 0.1) is 5.56 Å². The number of anilines is 1. The summed E-state index contributed by atoms with van der Waals surface area (Å²) in [6, 6.07) is 11.7. The summed E-state index contributed by atoms with van der Waals surface area (Å²) in [5.74, 6) is -0.167. The molecule has 2 heterocycles. The number of carbonyl (C=O) groups is 1. The van der Waals surface area contributed by atoms with Gasteiger partial charge >= 0.3 is 0 Å². The second kappa shape index (κ2) is 6.53. The molecule has 1 aliphatic rings. The van der Waals surface area contributed by atoms with Crippen molar-refractivity contribution in [3.05, 3.63) is 64.7 Å². The van der Waals surface area contributed by atoms with Crippen molar-refractivity contribution in [2.75, 3.05) is 11.4 Å². The molecule has 0 bridgehead atoms. The van der Waals surface area contributed by atoms with Gasteiger partial charge in [-0.25, -0.2) is 4.39 Å². The largest absolute Gasteiger partial charge is 0.334 e. The van der Waals surface area contributed by atoms with Crippen molar-refractivity contribution in [1.82, 2.24) is 10.1 Å². The highest BCUT2D eigenvalue weighted by Crippen LogP contribution is 2.33. The molecule has 3 aromatic rings. The molecule has 132 valence electrons. The minimum absolute atomic E-state index is 0.0350. The van der Waals surface area contributed by atoms with Gasteiger partial charge in [0.25, 0.3) is 5.89 Å². The van der Waals surface area contributed by atoms with E-state index in [0.717, 1.165) is 11.3 Å². The molecule has 0 aliphatic carbocycles. The SMILES string of the molecule is Cc1ccc(N2CC(c3noc(-c4ccccc4F)n3)CC2=O)cc1Cl. The maximum Gasteiger partial charge on any atom is 0.260 e. The normalized spacial score (nSPS) is 17.1. The summed E-state index contributed by atoms with van der Waals surface area (Å²) in [5.41, 5.74) is 1.94. The van der Waals surface area contributed by atoms with Gasteiger partial charge in [-0.05, 0) is 36.8 Å². The van der Waals surface area contributed by atoms with Crippen molar-refractivity contribution in [2.24, 2.45) is 0 Å². The van der Waals surface area contributed by atoms with Crippen LogP contribution < -0.4 is 4.90 Å². The molecule has 1 amide bonds. The van der Waals surface area contributed by atoms with Crippen molar-refractivity contribution < 1.29 is 13.7 Å². The molecule has 26 heavy (non-hydrogen) atoms. The van der Waals surface area contributed by atoms with Crippen molar-refractivity contribution in [3.63, 3.8) is 0 Å². The molecule has 7 heteroatoms. The lowest BCUT2D eigenvalue weighted by Crippen LogP contribution is -2.24. The minimum atomic E-state index is -0.430. The highest BCUT2D eigenvalue weighted by Gasteiger charge is 2.35. The smallest absolute Gasteiger partial charge is 0.260 e. The molecule has 1 fully saturated rings. The van der Waals surface area contributed by atoms with E-state index in [4.69, 9.17) is 16.1 Å². The molecule has 1 unspecified atom stereocenters. The molecule has 1 aromatic heterocycles. The molecule has 1 saturated heterocycles. The number of hydrogen-bond donors (Lipinski definition) is 0. The molecular weight excluding hydrogens is 357 g/mol. The zero-order valence-corrected chi connectivity index (χ0v) is 14.7. The number of aromatic nitrogens is 2. The van der Waals surface area contributed by atoms with Crippen LogP contribution in [0.1, 0.15) is 23.7 Å². The number of nitrogens with zero attached hydrogens (tertiary/aromatic N) is 3. The van der Waals surface area contributed by atoms with Gasteiger partial charge in [0.1, 0.15) is 5.82 Å². The quantitative estimate of drug-likeness (QED) is 0.686. The Labute approximate surface area is 154 Å². The molecule has 0 N–H and O–H groups in total. The van der Waals surface area contributed by atoms with E-state index >= 15 is 0 Å². The molecule has 5 nitrogen and oxygen atoms in total. The zero-order valence-electron chi connectivity index (χ0n) is 13.9. The first kappa shape index (κ1) is 16.7. The van der Waals surface area contributed by atoms with Gasteiger partial charge in [-0.2, -0.15) is 4.98 Å². The Balaban J connectivity index is 1.58. The molecule has 4 rings (SSSR count). The Kier molecular flexibility index (Phi) is 4.20. The maximum absolute atomic E-state index is 13.9. The first-order valence-electron chi connectivity index (χ1n) is 8.18. The number of amides is 1. The predicted molar refractivity (Wildman–Crippen MR) is 95.6 cm³/mol. The maximum atomic E-state index is 13.9. The lowest BCUT2D eigenvalue weighted by Gasteiger charge is -2.17. The van der Waals surface area contributed by atoms with Crippen LogP contribution in [0.5, 0.6) is 0 Å². The fraction of sp³-hybridized carbons (Fsp3) is 0.211. The summed E-state index contributed by atoms with van der Waals surface area (Å²) in [6.45, 7) is 2.33. The molecule has 0 saturated carbocycles. The average Bonchev–Trinajstić information content (AvgIpc) is 3.25. The Bertz CT molecular complexity index is 988. The highest BCUT2D eigenvalue weighted by molar-refractivity contribution is 6.31. The van der Waals surface area contributed by atoms with Crippen LogP contribution in [0.2, 0.25) is 5.02 Å². The van der Waals surface area contributed by atoms with Gasteiger partial charge in [-0.1, -0.05) is 35.0 Å². The lowest BCUT2D eigenvalue weighted by atomic mass is 10.1. The fourth-order valence-electron chi connectivity index (χ4n) is 3.02. The van der Waals surface area contributed by atoms with Crippen molar-refractivity contribution in [1.29, 1.82) is 0 Å². The van der Waals surface area contributed by atoms with E-state index in [9.17, 15) is 9.18 Å². The average molecular weight is 372 g/mol. The monoisotopic (exact) mass is 371 g/mol. The standard InChI is InChI=1S/C19H15ClFN3O2/c1-11-6-7-13(9-15(11)20)24-10-12(8-17(24)25)18-22-19(26-23-18)14-4-2-3-5-16(14)21/h2-7,9,12H,8,10H2,1H3. The summed E-state index contributed by atoms with van der Waals surface area (Å²) in [6.07, 6.45) is 0.266. The number of hydrogen-bond acceptors (Lipinski definition) is 4. The van der Waals surface area contributed by atoms with Crippen LogP contribution in [0.15, 0.2) is 47.0 Å². The van der Waals surface area contributed by atoms with Crippen LogP contribution in [0.4, 0.5) is 10.1 Å². The van der Waals surface area contributed by atoms with E-state index in [0.29, 0.717) is 17.4 Å². The molecule has 0 spiro atoms. The third kappa shape index (κ3) is 2.97. The van der Waals surface area contributed by atoms with Crippen LogP contribution >= 0.6 is 11.6 Å². The van der Waals surface area contributed by atoms with Gasteiger partial charge in [0.15, 0.2) is 5.82 Å². The van der Waals surface area contributed by atoms with E-state index in [-0.39, 0.29) is 29.7 Å². The summed E-state index contributed by atoms with van der Waals surface area (Å²) in [5, 5.41) is 4.56. The predicted octanol–water partition coefficient (Wildman–Crippen LogP) is 4.36. The first-order valence-corrected chi connectivity index (χ1v) is 8.56. The second-order valence-electron chi connectivity index (χ2n) is 6.28. The number of carbonyl (C=O) groups excluding carboxylic acids is 1. The van der Waals surface area contributed by atoms with Gasteiger partial charge in [-0.3, -0.25) is 4.79 Å². The van der Waals surface area contributed by atoms with E-state index in [1.165, 1.54) is 6.07 Å². The molecule has 2 aromatic carbocycles. The highest BCUT2D eigenvalue weighted by atomic mass is 35.5. The fourth-order valence-corrected chi connectivity index (χ4v) is 3.20. The van der Waals surface area contributed by atoms with E-state index in [2.05, 4.69) is 10.1 Å². The van der Waals surface area contributed by atoms with E-state index in [1.807, 2.05) is 19.1 Å². The third-order valence-corrected chi connectivity index (χ3v) is 4.91. The zero-order chi connectivity index (χ0) is 18.3. The molecular formula is C19H15ClFN3O2. The topological polar surface area (TPSA) is 59.2 Å². The Morgan fingerprint density at radius 1 is 1.27 bits per heavy atom. The lowest BCUT2D eigenvalue weighted by molar-refractivity contribution is -0.117. The van der Waals surface area contributed by atoms with Crippen molar-refractivity contribution in [3.8, 4) is 11.5 Å². The van der Waals surface area contributed by atoms with Gasteiger partial charge in [0, 0.05) is 29.6 Å². The Hall–Kier alpha value is -2.73. The second-order valence-corrected chi connectivity index (χ2v) is 6.68. The molecule has 0 radical (unpaired) electrons. The number of aryl methyl sites for hydroxylation is 1. The number of benzene rings is 2.